The summed E-state index contributed by atoms with van der Waals surface area (Å²) in [7, 11) is 1.64. The van der Waals surface area contributed by atoms with Gasteiger partial charge in [0.05, 0.1) is 5.56 Å². The second-order valence-corrected chi connectivity index (χ2v) is 3.69. The second-order valence-electron chi connectivity index (χ2n) is 3.69. The van der Waals surface area contributed by atoms with Crippen LogP contribution in [0.4, 0.5) is 0 Å². The van der Waals surface area contributed by atoms with Crippen LogP contribution in [0.2, 0.25) is 0 Å². The summed E-state index contributed by atoms with van der Waals surface area (Å²) in [6.07, 6.45) is 1.51. The van der Waals surface area contributed by atoms with Crippen LogP contribution < -0.4 is 0 Å². The Morgan fingerprint density at radius 2 is 2.35 bits per heavy atom. The Labute approximate surface area is 98.0 Å². The monoisotopic (exact) mass is 235 g/mol. The minimum Gasteiger partial charge on any atom is -0.478 e. The molecule has 5 nitrogen and oxygen atoms in total. The summed E-state index contributed by atoms with van der Waals surface area (Å²) < 4.78 is 10.4. The molecule has 17 heavy (non-hydrogen) atoms. The Morgan fingerprint density at radius 1 is 1.53 bits per heavy atom. The van der Waals surface area contributed by atoms with Gasteiger partial charge in [-0.15, -0.1) is 0 Å². The fraction of sp³-hybridized carbons (Fsp3) is 0.333. The topological polar surface area (TPSA) is 72.6 Å². The van der Waals surface area contributed by atoms with Crippen molar-refractivity contribution >= 4 is 17.1 Å². The molecule has 1 N–H and O–H groups in total. The first-order valence-corrected chi connectivity index (χ1v) is 5.32. The van der Waals surface area contributed by atoms with Gasteiger partial charge in [0.25, 0.3) is 0 Å². The first kappa shape index (κ1) is 11.6. The summed E-state index contributed by atoms with van der Waals surface area (Å²) in [6.45, 7) is 0.652. The zero-order valence-electron chi connectivity index (χ0n) is 9.47. The summed E-state index contributed by atoms with van der Waals surface area (Å²) in [4.78, 5) is 15.1. The van der Waals surface area contributed by atoms with Crippen LogP contribution in [0.1, 0.15) is 22.7 Å². The van der Waals surface area contributed by atoms with Crippen molar-refractivity contribution in [3.63, 3.8) is 0 Å². The van der Waals surface area contributed by atoms with Crippen LogP contribution >= 0.6 is 0 Å². The third kappa shape index (κ3) is 2.62. The van der Waals surface area contributed by atoms with Crippen molar-refractivity contribution in [2.75, 3.05) is 13.7 Å². The Hall–Kier alpha value is -1.88. The highest BCUT2D eigenvalue weighted by Crippen LogP contribution is 2.18. The van der Waals surface area contributed by atoms with Gasteiger partial charge in [0.1, 0.15) is 5.52 Å². The predicted molar refractivity (Wildman–Crippen MR) is 61.2 cm³/mol. The summed E-state index contributed by atoms with van der Waals surface area (Å²) in [5.74, 6) is -0.358. The summed E-state index contributed by atoms with van der Waals surface area (Å²) >= 11 is 0. The third-order valence-corrected chi connectivity index (χ3v) is 2.42. The SMILES string of the molecule is COCCCc1nc2ccc(C(=O)O)cc2o1. The van der Waals surface area contributed by atoms with Crippen molar-refractivity contribution < 1.29 is 19.1 Å². The quantitative estimate of drug-likeness (QED) is 0.803. The van der Waals surface area contributed by atoms with E-state index in [0.717, 1.165) is 6.42 Å². The van der Waals surface area contributed by atoms with Gasteiger partial charge in [-0.25, -0.2) is 9.78 Å². The first-order valence-electron chi connectivity index (χ1n) is 5.32. The lowest BCUT2D eigenvalue weighted by atomic mass is 10.2. The standard InChI is InChI=1S/C12H13NO4/c1-16-6-2-3-11-13-9-5-4-8(12(14)15)7-10(9)17-11/h4-5,7H,2-3,6H2,1H3,(H,14,15). The van der Waals surface area contributed by atoms with Crippen molar-refractivity contribution in [2.24, 2.45) is 0 Å². The normalized spacial score (nSPS) is 10.9. The minimum atomic E-state index is -0.968. The number of carbonyl (C=O) groups is 1. The number of carboxylic acids is 1. The van der Waals surface area contributed by atoms with E-state index in [1.165, 1.54) is 12.1 Å². The van der Waals surface area contributed by atoms with E-state index >= 15 is 0 Å². The van der Waals surface area contributed by atoms with E-state index in [-0.39, 0.29) is 5.56 Å². The second kappa shape index (κ2) is 4.97. The molecule has 0 radical (unpaired) electrons. The fourth-order valence-electron chi connectivity index (χ4n) is 1.58. The lowest BCUT2D eigenvalue weighted by molar-refractivity contribution is 0.0697. The first-order chi connectivity index (χ1) is 8.20. The molecule has 0 bridgehead atoms. The number of benzene rings is 1. The van der Waals surface area contributed by atoms with Crippen molar-refractivity contribution in [1.29, 1.82) is 0 Å². The largest absolute Gasteiger partial charge is 0.478 e. The number of fused-ring (bicyclic) bond motifs is 1. The van der Waals surface area contributed by atoms with Crippen molar-refractivity contribution in [2.45, 2.75) is 12.8 Å². The molecule has 2 aromatic rings. The average molecular weight is 235 g/mol. The highest BCUT2D eigenvalue weighted by atomic mass is 16.5. The lowest BCUT2D eigenvalue weighted by Crippen LogP contribution is -1.94. The summed E-state index contributed by atoms with van der Waals surface area (Å²) in [5.41, 5.74) is 1.40. The molecule has 1 heterocycles. The molecule has 2 rings (SSSR count). The number of rotatable bonds is 5. The van der Waals surface area contributed by atoms with Crippen LogP contribution in [0, 0.1) is 0 Å². The number of ether oxygens (including phenoxy) is 1. The Bertz CT molecular complexity index is 532. The van der Waals surface area contributed by atoms with Crippen molar-refractivity contribution in [3.05, 3.63) is 29.7 Å². The molecule has 5 heteroatoms. The molecule has 1 aromatic heterocycles. The Balaban J connectivity index is 2.21. The van der Waals surface area contributed by atoms with Gasteiger partial charge >= 0.3 is 5.97 Å². The highest BCUT2D eigenvalue weighted by molar-refractivity contribution is 5.91. The maximum atomic E-state index is 10.8. The highest BCUT2D eigenvalue weighted by Gasteiger charge is 2.09. The zero-order chi connectivity index (χ0) is 12.3. The zero-order valence-corrected chi connectivity index (χ0v) is 9.47. The van der Waals surface area contributed by atoms with Crippen molar-refractivity contribution in [1.82, 2.24) is 4.98 Å². The molecule has 0 atom stereocenters. The minimum absolute atomic E-state index is 0.206. The molecule has 0 aliphatic rings. The maximum Gasteiger partial charge on any atom is 0.335 e. The number of aromatic nitrogens is 1. The van der Waals surface area contributed by atoms with Crippen LogP contribution in [0.3, 0.4) is 0 Å². The van der Waals surface area contributed by atoms with E-state index in [0.29, 0.717) is 30.0 Å². The van der Waals surface area contributed by atoms with Gasteiger partial charge in [-0.1, -0.05) is 0 Å². The number of methoxy groups -OCH3 is 1. The van der Waals surface area contributed by atoms with E-state index in [1.807, 2.05) is 0 Å². The number of oxazole rings is 1. The number of carboxylic acid groups (broad SMARTS) is 1. The van der Waals surface area contributed by atoms with E-state index in [9.17, 15) is 4.79 Å². The van der Waals surface area contributed by atoms with E-state index < -0.39 is 5.97 Å². The third-order valence-electron chi connectivity index (χ3n) is 2.42. The van der Waals surface area contributed by atoms with Crippen molar-refractivity contribution in [3.8, 4) is 0 Å². The number of nitrogens with zero attached hydrogens (tertiary/aromatic N) is 1. The number of aromatic carboxylic acids is 1. The molecular weight excluding hydrogens is 222 g/mol. The number of hydrogen-bond acceptors (Lipinski definition) is 4. The molecule has 0 aliphatic heterocycles. The smallest absolute Gasteiger partial charge is 0.335 e. The molecule has 0 spiro atoms. The van der Waals surface area contributed by atoms with Gasteiger partial charge in [0.15, 0.2) is 11.5 Å². The molecule has 90 valence electrons. The van der Waals surface area contributed by atoms with Crippen LogP contribution in [-0.4, -0.2) is 29.8 Å². The molecule has 1 aromatic carbocycles. The Kier molecular flexibility index (Phi) is 3.39. The molecule has 0 fully saturated rings. The fourth-order valence-corrected chi connectivity index (χ4v) is 1.58. The summed E-state index contributed by atoms with van der Waals surface area (Å²) in [6, 6.07) is 4.67. The van der Waals surface area contributed by atoms with Crippen LogP contribution in [0.15, 0.2) is 22.6 Å². The van der Waals surface area contributed by atoms with Gasteiger partial charge in [-0.05, 0) is 24.6 Å². The van der Waals surface area contributed by atoms with Crippen LogP contribution in [0.25, 0.3) is 11.1 Å². The molecule has 0 saturated carbocycles. The van der Waals surface area contributed by atoms with Gasteiger partial charge in [-0.2, -0.15) is 0 Å². The molecular formula is C12H13NO4. The van der Waals surface area contributed by atoms with Crippen LogP contribution in [-0.2, 0) is 11.2 Å². The number of hydrogen-bond donors (Lipinski definition) is 1. The van der Waals surface area contributed by atoms with E-state index in [1.54, 1.807) is 13.2 Å². The van der Waals surface area contributed by atoms with Gasteiger partial charge in [0, 0.05) is 20.1 Å². The molecule has 0 saturated heterocycles. The van der Waals surface area contributed by atoms with E-state index in [4.69, 9.17) is 14.3 Å². The maximum absolute atomic E-state index is 10.8. The van der Waals surface area contributed by atoms with E-state index in [2.05, 4.69) is 4.98 Å². The van der Waals surface area contributed by atoms with Gasteiger partial charge < -0.3 is 14.3 Å². The molecule has 0 amide bonds. The number of aryl methyl sites for hydroxylation is 1. The molecule has 0 unspecified atom stereocenters. The predicted octanol–water partition coefficient (Wildman–Crippen LogP) is 2.10. The van der Waals surface area contributed by atoms with Gasteiger partial charge in [0.2, 0.25) is 0 Å². The summed E-state index contributed by atoms with van der Waals surface area (Å²) in [5, 5.41) is 8.85. The molecule has 0 aliphatic carbocycles. The average Bonchev–Trinajstić information content (AvgIpc) is 2.70. The lowest BCUT2D eigenvalue weighted by Gasteiger charge is -1.94. The van der Waals surface area contributed by atoms with Crippen LogP contribution in [0.5, 0.6) is 0 Å². The van der Waals surface area contributed by atoms with Gasteiger partial charge in [-0.3, -0.25) is 0 Å². The Morgan fingerprint density at radius 3 is 3.06 bits per heavy atom.